The lowest BCUT2D eigenvalue weighted by atomic mass is 9.94. The Bertz CT molecular complexity index is 751. The first-order valence-electron chi connectivity index (χ1n) is 10.2. The van der Waals surface area contributed by atoms with Gasteiger partial charge < -0.3 is 15.2 Å². The molecular formula is C22H30N4O2. The van der Waals surface area contributed by atoms with Gasteiger partial charge in [-0.1, -0.05) is 30.3 Å². The van der Waals surface area contributed by atoms with Gasteiger partial charge in [-0.2, -0.15) is 0 Å². The van der Waals surface area contributed by atoms with Crippen molar-refractivity contribution in [1.29, 1.82) is 0 Å². The van der Waals surface area contributed by atoms with E-state index in [0.29, 0.717) is 32.2 Å². The highest BCUT2D eigenvalue weighted by molar-refractivity contribution is 5.16. The molecule has 0 spiro atoms. The number of aliphatic hydroxyl groups is 1. The molecule has 4 rings (SSSR count). The summed E-state index contributed by atoms with van der Waals surface area (Å²) in [7, 11) is 0. The Morgan fingerprint density at radius 2 is 1.93 bits per heavy atom. The highest BCUT2D eigenvalue weighted by Crippen LogP contribution is 2.37. The van der Waals surface area contributed by atoms with Gasteiger partial charge in [0.15, 0.2) is 0 Å². The number of benzene rings is 1. The van der Waals surface area contributed by atoms with Gasteiger partial charge >= 0.3 is 0 Å². The Balaban J connectivity index is 1.41. The van der Waals surface area contributed by atoms with Crippen molar-refractivity contribution >= 4 is 0 Å². The first-order valence-corrected chi connectivity index (χ1v) is 10.2. The number of ether oxygens (including phenoxy) is 1. The van der Waals surface area contributed by atoms with Crippen LogP contribution in [0, 0.1) is 0 Å². The molecule has 0 radical (unpaired) electrons. The zero-order chi connectivity index (χ0) is 19.4. The maximum absolute atomic E-state index is 10.3. The zero-order valence-corrected chi connectivity index (χ0v) is 16.6. The number of nitrogens with zero attached hydrogens (tertiary/aromatic N) is 3. The van der Waals surface area contributed by atoms with Gasteiger partial charge in [-0.05, 0) is 25.3 Å². The molecule has 2 atom stereocenters. The maximum Gasteiger partial charge on any atom is 0.131 e. The summed E-state index contributed by atoms with van der Waals surface area (Å²) in [4.78, 5) is 11.4. The summed E-state index contributed by atoms with van der Waals surface area (Å²) < 4.78 is 5.84. The van der Waals surface area contributed by atoms with E-state index in [4.69, 9.17) is 4.74 Å². The summed E-state index contributed by atoms with van der Waals surface area (Å²) in [6.45, 7) is 5.54. The lowest BCUT2D eigenvalue weighted by molar-refractivity contribution is -0.122. The Morgan fingerprint density at radius 1 is 1.18 bits per heavy atom. The largest absolute Gasteiger partial charge is 0.394 e. The summed E-state index contributed by atoms with van der Waals surface area (Å²) in [5.74, 6) is 1.55. The summed E-state index contributed by atoms with van der Waals surface area (Å²) in [6, 6.07) is 10.7. The third-order valence-corrected chi connectivity index (χ3v) is 5.81. The molecule has 2 N–H and O–H groups in total. The number of aliphatic hydroxyl groups excluding tert-OH is 1. The molecule has 28 heavy (non-hydrogen) atoms. The Morgan fingerprint density at radius 3 is 2.61 bits per heavy atom. The molecule has 2 fully saturated rings. The number of morpholine rings is 1. The van der Waals surface area contributed by atoms with Gasteiger partial charge in [0.05, 0.1) is 25.4 Å². The highest BCUT2D eigenvalue weighted by atomic mass is 16.5. The van der Waals surface area contributed by atoms with Crippen molar-refractivity contribution in [2.24, 2.45) is 0 Å². The van der Waals surface area contributed by atoms with Gasteiger partial charge in [0.2, 0.25) is 0 Å². The molecule has 1 aromatic heterocycles. The molecule has 1 aliphatic carbocycles. The van der Waals surface area contributed by atoms with Crippen molar-refractivity contribution < 1.29 is 9.84 Å². The summed E-state index contributed by atoms with van der Waals surface area (Å²) in [6.07, 6.45) is 6.26. The molecule has 2 aliphatic rings. The fourth-order valence-electron chi connectivity index (χ4n) is 3.96. The van der Waals surface area contributed by atoms with Crippen molar-refractivity contribution in [3.05, 3.63) is 59.7 Å². The van der Waals surface area contributed by atoms with Crippen LogP contribution in [0.25, 0.3) is 0 Å². The van der Waals surface area contributed by atoms with Crippen molar-refractivity contribution in [2.45, 2.75) is 50.4 Å². The topological polar surface area (TPSA) is 70.5 Å². The van der Waals surface area contributed by atoms with Gasteiger partial charge in [-0.15, -0.1) is 0 Å². The van der Waals surface area contributed by atoms with Gasteiger partial charge in [0, 0.05) is 49.6 Å². The molecule has 1 aliphatic heterocycles. The first kappa shape index (κ1) is 19.5. The molecule has 1 saturated heterocycles. The van der Waals surface area contributed by atoms with Crippen LogP contribution in [-0.4, -0.2) is 57.9 Å². The van der Waals surface area contributed by atoms with E-state index >= 15 is 0 Å². The third-order valence-electron chi connectivity index (χ3n) is 5.81. The monoisotopic (exact) mass is 382 g/mol. The number of aromatic nitrogens is 2. The number of hydrogen-bond acceptors (Lipinski definition) is 6. The summed E-state index contributed by atoms with van der Waals surface area (Å²) >= 11 is 0. The average Bonchev–Trinajstić information content (AvgIpc) is 3.57. The van der Waals surface area contributed by atoms with Crippen molar-refractivity contribution in [3.63, 3.8) is 0 Å². The predicted octanol–water partition coefficient (Wildman–Crippen LogP) is 2.10. The van der Waals surface area contributed by atoms with Gasteiger partial charge in [-0.25, -0.2) is 9.97 Å². The van der Waals surface area contributed by atoms with E-state index in [-0.39, 0.29) is 12.6 Å². The van der Waals surface area contributed by atoms with Crippen LogP contribution in [0.2, 0.25) is 0 Å². The minimum Gasteiger partial charge on any atom is -0.394 e. The second kappa shape index (κ2) is 8.66. The molecule has 2 heterocycles. The van der Waals surface area contributed by atoms with E-state index in [2.05, 4.69) is 51.4 Å². The highest BCUT2D eigenvalue weighted by Gasteiger charge is 2.42. The Kier molecular flexibility index (Phi) is 6.01. The van der Waals surface area contributed by atoms with Crippen LogP contribution in [0.4, 0.5) is 0 Å². The molecule has 0 amide bonds. The molecule has 1 aromatic carbocycles. The second-order valence-electron chi connectivity index (χ2n) is 8.19. The normalized spacial score (nSPS) is 25.7. The van der Waals surface area contributed by atoms with Crippen LogP contribution in [0.5, 0.6) is 0 Å². The first-order chi connectivity index (χ1) is 13.7. The van der Waals surface area contributed by atoms with Crippen LogP contribution in [-0.2, 0) is 17.8 Å². The van der Waals surface area contributed by atoms with Crippen LogP contribution in [0.3, 0.4) is 0 Å². The molecule has 6 nitrogen and oxygen atoms in total. The number of hydrogen-bond donors (Lipinski definition) is 2. The Hall–Kier alpha value is -1.86. The fraction of sp³-hybridized carbons (Fsp3) is 0.545. The van der Waals surface area contributed by atoms with Crippen LogP contribution in [0.15, 0.2) is 42.7 Å². The third kappa shape index (κ3) is 4.41. The Labute approximate surface area is 167 Å². The van der Waals surface area contributed by atoms with E-state index in [1.807, 2.05) is 18.5 Å². The van der Waals surface area contributed by atoms with Gasteiger partial charge in [-0.3, -0.25) is 4.90 Å². The molecule has 0 bridgehead atoms. The predicted molar refractivity (Wildman–Crippen MR) is 108 cm³/mol. The van der Waals surface area contributed by atoms with E-state index in [1.165, 1.54) is 18.4 Å². The molecule has 6 heteroatoms. The zero-order valence-electron chi connectivity index (χ0n) is 16.6. The molecular weight excluding hydrogens is 352 g/mol. The van der Waals surface area contributed by atoms with E-state index in [0.717, 1.165) is 17.9 Å². The standard InChI is InChI=1S/C22H30N4O2/c1-17-13-28-16-22(15-27,26(17)12-18-5-3-2-4-6-18)14-23-9-19-10-24-21(25-11-19)20-7-8-20/h2-6,10-11,17,20,23,27H,7-9,12-16H2,1H3/t17-,22+/m1/s1. The van der Waals surface area contributed by atoms with E-state index < -0.39 is 5.54 Å². The SMILES string of the molecule is C[C@@H]1COC[C@@](CO)(CNCc2cnc(C3CC3)nc2)N1Cc1ccccc1. The van der Waals surface area contributed by atoms with Crippen LogP contribution < -0.4 is 5.32 Å². The van der Waals surface area contributed by atoms with Crippen molar-refractivity contribution in [3.8, 4) is 0 Å². The quantitative estimate of drug-likeness (QED) is 0.729. The second-order valence-corrected chi connectivity index (χ2v) is 8.19. The molecule has 0 unspecified atom stereocenters. The summed E-state index contributed by atoms with van der Waals surface area (Å²) in [5, 5.41) is 13.8. The molecule has 2 aromatic rings. The smallest absolute Gasteiger partial charge is 0.131 e. The van der Waals surface area contributed by atoms with E-state index in [1.54, 1.807) is 0 Å². The van der Waals surface area contributed by atoms with Crippen LogP contribution in [0.1, 0.15) is 42.6 Å². The van der Waals surface area contributed by atoms with Gasteiger partial charge in [0.1, 0.15) is 5.82 Å². The lowest BCUT2D eigenvalue weighted by Gasteiger charge is -2.49. The minimum absolute atomic E-state index is 0.0499. The van der Waals surface area contributed by atoms with Gasteiger partial charge in [0.25, 0.3) is 0 Å². The fourth-order valence-corrected chi connectivity index (χ4v) is 3.96. The van der Waals surface area contributed by atoms with Crippen LogP contribution >= 0.6 is 0 Å². The average molecular weight is 383 g/mol. The maximum atomic E-state index is 10.3. The van der Waals surface area contributed by atoms with E-state index in [9.17, 15) is 5.11 Å². The number of nitrogens with one attached hydrogen (secondary N) is 1. The van der Waals surface area contributed by atoms with Crippen molar-refractivity contribution in [1.82, 2.24) is 20.2 Å². The summed E-state index contributed by atoms with van der Waals surface area (Å²) in [5.41, 5.74) is 1.87. The molecule has 1 saturated carbocycles. The minimum atomic E-state index is -0.442. The molecule has 150 valence electrons. The van der Waals surface area contributed by atoms with Crippen molar-refractivity contribution in [2.75, 3.05) is 26.4 Å². The number of rotatable bonds is 8. The lowest BCUT2D eigenvalue weighted by Crippen LogP contribution is -2.66.